The Morgan fingerprint density at radius 3 is 2.25 bits per heavy atom. The molecule has 0 aromatic carbocycles. The second kappa shape index (κ2) is 12.8. The Labute approximate surface area is 76.4 Å². The van der Waals surface area contributed by atoms with Crippen LogP contribution < -0.4 is 0 Å². The second-order valence-electron chi connectivity index (χ2n) is 1.82. The van der Waals surface area contributed by atoms with Crippen LogP contribution in [0.15, 0.2) is 37.0 Å². The number of hydrogen-bond donors (Lipinski definition) is 0. The van der Waals surface area contributed by atoms with Crippen molar-refractivity contribution in [2.45, 2.75) is 20.8 Å². The molecular formula is C11H20O. The summed E-state index contributed by atoms with van der Waals surface area (Å²) in [5, 5.41) is 0. The minimum atomic E-state index is 0.631. The molecule has 0 saturated heterocycles. The van der Waals surface area contributed by atoms with Crippen molar-refractivity contribution >= 4 is 0 Å². The number of allylic oxidation sites excluding steroid dienone is 2. The van der Waals surface area contributed by atoms with Crippen LogP contribution in [0.1, 0.15) is 20.8 Å². The van der Waals surface area contributed by atoms with E-state index in [1.807, 2.05) is 26.8 Å². The van der Waals surface area contributed by atoms with E-state index in [1.54, 1.807) is 12.2 Å². The molecule has 0 fully saturated rings. The van der Waals surface area contributed by atoms with E-state index in [0.717, 1.165) is 12.2 Å². The molecule has 12 heavy (non-hydrogen) atoms. The van der Waals surface area contributed by atoms with Gasteiger partial charge in [0.1, 0.15) is 0 Å². The van der Waals surface area contributed by atoms with Crippen molar-refractivity contribution in [3.05, 3.63) is 37.0 Å². The van der Waals surface area contributed by atoms with E-state index >= 15 is 0 Å². The van der Waals surface area contributed by atoms with Crippen molar-refractivity contribution in [2.75, 3.05) is 13.2 Å². The number of ether oxygens (including phenoxy) is 1. The first kappa shape index (κ1) is 13.7. The maximum Gasteiger partial charge on any atom is 0.0716 e. The highest BCUT2D eigenvalue weighted by Gasteiger charge is 1.86. The van der Waals surface area contributed by atoms with E-state index in [0.29, 0.717) is 6.61 Å². The Morgan fingerprint density at radius 2 is 1.92 bits per heavy atom. The molecule has 0 saturated carbocycles. The minimum Gasteiger partial charge on any atom is -0.377 e. The lowest BCUT2D eigenvalue weighted by atomic mass is 10.2. The van der Waals surface area contributed by atoms with Crippen LogP contribution in [-0.2, 0) is 4.74 Å². The zero-order chi connectivity index (χ0) is 9.82. The van der Waals surface area contributed by atoms with Gasteiger partial charge in [-0.05, 0) is 12.5 Å². The Bertz CT molecular complexity index is 134. The van der Waals surface area contributed by atoms with Gasteiger partial charge in [-0.2, -0.15) is 0 Å². The van der Waals surface area contributed by atoms with Crippen molar-refractivity contribution in [1.82, 2.24) is 0 Å². The quantitative estimate of drug-likeness (QED) is 0.572. The molecule has 1 heteroatoms. The summed E-state index contributed by atoms with van der Waals surface area (Å²) in [6.45, 7) is 14.5. The predicted octanol–water partition coefficient (Wildman–Crippen LogP) is 3.35. The summed E-state index contributed by atoms with van der Waals surface area (Å²) < 4.78 is 5.15. The third-order valence-corrected chi connectivity index (χ3v) is 1.07. The Hall–Kier alpha value is -0.820. The summed E-state index contributed by atoms with van der Waals surface area (Å²) in [5.41, 5.74) is 1.07. The van der Waals surface area contributed by atoms with Crippen LogP contribution >= 0.6 is 0 Å². The maximum atomic E-state index is 5.15. The van der Waals surface area contributed by atoms with Crippen LogP contribution in [0, 0.1) is 0 Å². The highest BCUT2D eigenvalue weighted by molar-refractivity contribution is 5.21. The van der Waals surface area contributed by atoms with Gasteiger partial charge in [0.05, 0.1) is 6.61 Å². The molecule has 0 rings (SSSR count). The molecule has 0 aromatic rings. The van der Waals surface area contributed by atoms with Crippen LogP contribution in [-0.4, -0.2) is 13.2 Å². The van der Waals surface area contributed by atoms with Crippen LogP contribution in [0.25, 0.3) is 0 Å². The number of rotatable bonds is 5. The van der Waals surface area contributed by atoms with Gasteiger partial charge in [0.15, 0.2) is 0 Å². The predicted molar refractivity (Wildman–Crippen MR) is 56.3 cm³/mol. The molecule has 0 spiro atoms. The van der Waals surface area contributed by atoms with Crippen molar-refractivity contribution in [3.63, 3.8) is 0 Å². The molecule has 0 heterocycles. The van der Waals surface area contributed by atoms with Crippen molar-refractivity contribution in [2.24, 2.45) is 0 Å². The molecule has 1 nitrogen and oxygen atoms in total. The van der Waals surface area contributed by atoms with E-state index < -0.39 is 0 Å². The van der Waals surface area contributed by atoms with Gasteiger partial charge in [-0.15, -0.1) is 0 Å². The van der Waals surface area contributed by atoms with Gasteiger partial charge < -0.3 is 4.74 Å². The summed E-state index contributed by atoms with van der Waals surface area (Å²) in [7, 11) is 0. The summed E-state index contributed by atoms with van der Waals surface area (Å²) in [5.74, 6) is 0. The first-order chi connectivity index (χ1) is 5.85. The van der Waals surface area contributed by atoms with Crippen molar-refractivity contribution < 1.29 is 4.74 Å². The summed E-state index contributed by atoms with van der Waals surface area (Å²) >= 11 is 0. The lowest BCUT2D eigenvalue weighted by Gasteiger charge is -1.99. The van der Waals surface area contributed by atoms with Gasteiger partial charge in [-0.3, -0.25) is 0 Å². The largest absolute Gasteiger partial charge is 0.377 e. The van der Waals surface area contributed by atoms with Crippen LogP contribution in [0.4, 0.5) is 0 Å². The zero-order valence-electron chi connectivity index (χ0n) is 8.47. The van der Waals surface area contributed by atoms with Gasteiger partial charge in [-0.25, -0.2) is 0 Å². The minimum absolute atomic E-state index is 0.631. The molecule has 0 radical (unpaired) electrons. The lowest BCUT2D eigenvalue weighted by Crippen LogP contribution is -1.94. The topological polar surface area (TPSA) is 9.23 Å². The molecule has 0 N–H and O–H groups in total. The molecule has 0 aliphatic heterocycles. The Morgan fingerprint density at radius 1 is 1.33 bits per heavy atom. The summed E-state index contributed by atoms with van der Waals surface area (Å²) in [4.78, 5) is 0. The Balaban J connectivity index is 0. The molecule has 0 amide bonds. The third-order valence-electron chi connectivity index (χ3n) is 1.07. The maximum absolute atomic E-state index is 5.15. The highest BCUT2D eigenvalue weighted by Crippen LogP contribution is 1.96. The summed E-state index contributed by atoms with van der Waals surface area (Å²) in [6.07, 6.45) is 5.40. The average Bonchev–Trinajstić information content (AvgIpc) is 2.15. The smallest absolute Gasteiger partial charge is 0.0716 e. The fraction of sp³-hybridized carbons (Fsp3) is 0.455. The molecule has 0 aliphatic rings. The van der Waals surface area contributed by atoms with E-state index in [2.05, 4.69) is 13.2 Å². The lowest BCUT2D eigenvalue weighted by molar-refractivity contribution is 0.173. The van der Waals surface area contributed by atoms with E-state index in [-0.39, 0.29) is 0 Å². The number of hydrogen-bond acceptors (Lipinski definition) is 1. The van der Waals surface area contributed by atoms with Crippen LogP contribution in [0.2, 0.25) is 0 Å². The molecule has 0 aromatic heterocycles. The first-order valence-corrected chi connectivity index (χ1v) is 4.37. The fourth-order valence-electron chi connectivity index (χ4n) is 0.546. The van der Waals surface area contributed by atoms with Crippen molar-refractivity contribution in [1.29, 1.82) is 0 Å². The molecule has 0 unspecified atom stereocenters. The van der Waals surface area contributed by atoms with Crippen molar-refractivity contribution in [3.8, 4) is 0 Å². The molecule has 0 atom stereocenters. The third kappa shape index (κ3) is 9.18. The standard InChI is InChI=1S/C9H14O.C2H6/c1-4-7-9(5-2)8-10-6-3;1-2/h4-5,7H,1-2,6,8H2,3H3;1-2H3/b9-7+;. The average molecular weight is 168 g/mol. The van der Waals surface area contributed by atoms with Gasteiger partial charge in [0, 0.05) is 6.61 Å². The van der Waals surface area contributed by atoms with Crippen LogP contribution in [0.3, 0.4) is 0 Å². The van der Waals surface area contributed by atoms with Gasteiger partial charge in [0.25, 0.3) is 0 Å². The zero-order valence-corrected chi connectivity index (χ0v) is 8.47. The highest BCUT2D eigenvalue weighted by atomic mass is 16.5. The molecular weight excluding hydrogens is 148 g/mol. The first-order valence-electron chi connectivity index (χ1n) is 4.37. The second-order valence-corrected chi connectivity index (χ2v) is 1.82. The van der Waals surface area contributed by atoms with Crippen LogP contribution in [0.5, 0.6) is 0 Å². The van der Waals surface area contributed by atoms with Gasteiger partial charge in [-0.1, -0.05) is 45.2 Å². The molecule has 70 valence electrons. The van der Waals surface area contributed by atoms with E-state index in [4.69, 9.17) is 4.74 Å². The molecule has 0 bridgehead atoms. The van der Waals surface area contributed by atoms with Gasteiger partial charge >= 0.3 is 0 Å². The monoisotopic (exact) mass is 168 g/mol. The normalized spacial score (nSPS) is 9.75. The molecule has 0 aliphatic carbocycles. The Kier molecular flexibility index (Phi) is 14.7. The van der Waals surface area contributed by atoms with Gasteiger partial charge in [0.2, 0.25) is 0 Å². The van der Waals surface area contributed by atoms with E-state index in [9.17, 15) is 0 Å². The SMILES string of the molecule is C=C/C=C(\C=C)COCC.CC. The van der Waals surface area contributed by atoms with E-state index in [1.165, 1.54) is 0 Å². The fourth-order valence-corrected chi connectivity index (χ4v) is 0.546. The summed E-state index contributed by atoms with van der Waals surface area (Å²) in [6, 6.07) is 0.